The fourth-order valence-electron chi connectivity index (χ4n) is 1.63. The molecule has 1 aromatic heterocycles. The highest BCUT2D eigenvalue weighted by molar-refractivity contribution is 8.00. The van der Waals surface area contributed by atoms with Gasteiger partial charge < -0.3 is 15.4 Å². The van der Waals surface area contributed by atoms with Crippen molar-refractivity contribution in [3.05, 3.63) is 5.69 Å². The molecule has 25 heavy (non-hydrogen) atoms. The van der Waals surface area contributed by atoms with E-state index in [1.54, 1.807) is 27.7 Å². The number of nitrogens with zero attached hydrogens (tertiary/aromatic N) is 2. The molecule has 1 unspecified atom stereocenters. The summed E-state index contributed by atoms with van der Waals surface area (Å²) in [5.41, 5.74) is -0.504. The lowest BCUT2D eigenvalue weighted by atomic mass is 10.2. The number of thiazole rings is 1. The van der Waals surface area contributed by atoms with Crippen molar-refractivity contribution >= 4 is 46.0 Å². The lowest BCUT2D eigenvalue weighted by Crippen LogP contribution is -2.45. The molecular formula is C15H24N4O4S2. The highest BCUT2D eigenvalue weighted by Crippen LogP contribution is 2.30. The average Bonchev–Trinajstić information content (AvgIpc) is 2.93. The Labute approximate surface area is 155 Å². The maximum absolute atomic E-state index is 12.5. The minimum atomic E-state index is -0.785. The number of amides is 3. The Kier molecular flexibility index (Phi) is 7.24. The Bertz CT molecular complexity index is 654. The van der Waals surface area contributed by atoms with Crippen molar-refractivity contribution in [1.29, 1.82) is 0 Å². The van der Waals surface area contributed by atoms with Gasteiger partial charge >= 0.3 is 6.09 Å². The predicted molar refractivity (Wildman–Crippen MR) is 99.4 cm³/mol. The number of aromatic nitrogens is 1. The van der Waals surface area contributed by atoms with E-state index in [0.29, 0.717) is 9.34 Å². The maximum Gasteiger partial charge on any atom is 0.410 e. The maximum atomic E-state index is 12.5. The zero-order valence-corrected chi connectivity index (χ0v) is 17.1. The fraction of sp³-hybridized carbons (Fsp3) is 0.600. The molecule has 8 nitrogen and oxygen atoms in total. The second-order valence-electron chi connectivity index (χ2n) is 6.20. The number of rotatable bonds is 5. The summed E-state index contributed by atoms with van der Waals surface area (Å²) in [6.07, 6.45) is 1.23. The Hall–Kier alpha value is -1.81. The minimum absolute atomic E-state index is 0.150. The second-order valence-corrected chi connectivity index (χ2v) is 8.25. The molecule has 0 saturated heterocycles. The van der Waals surface area contributed by atoms with Gasteiger partial charge in [-0.2, -0.15) is 0 Å². The number of nitrogens with one attached hydrogen (secondary N) is 2. The van der Waals surface area contributed by atoms with E-state index in [4.69, 9.17) is 4.74 Å². The van der Waals surface area contributed by atoms with Crippen LogP contribution >= 0.6 is 23.1 Å². The van der Waals surface area contributed by atoms with E-state index in [2.05, 4.69) is 15.6 Å². The summed E-state index contributed by atoms with van der Waals surface area (Å²) in [5, 5.41) is 5.51. The number of carbonyl (C=O) groups is 3. The van der Waals surface area contributed by atoms with Crippen molar-refractivity contribution in [3.8, 4) is 0 Å². The number of hydrogen-bond acceptors (Lipinski definition) is 7. The molecule has 0 spiro atoms. The molecule has 0 aromatic carbocycles. The van der Waals surface area contributed by atoms with Gasteiger partial charge in [-0.3, -0.25) is 14.5 Å². The van der Waals surface area contributed by atoms with Crippen LogP contribution in [0, 0.1) is 0 Å². The summed E-state index contributed by atoms with van der Waals surface area (Å²) in [7, 11) is 2.98. The van der Waals surface area contributed by atoms with Gasteiger partial charge in [0.05, 0.1) is 0 Å². The smallest absolute Gasteiger partial charge is 0.410 e. The van der Waals surface area contributed by atoms with Crippen LogP contribution in [0.3, 0.4) is 0 Å². The molecule has 0 aliphatic carbocycles. The highest BCUT2D eigenvalue weighted by Gasteiger charge is 2.28. The number of hydrogen-bond donors (Lipinski definition) is 2. The van der Waals surface area contributed by atoms with Crippen molar-refractivity contribution < 1.29 is 19.1 Å². The molecule has 1 rings (SSSR count). The molecule has 2 N–H and O–H groups in total. The fourth-order valence-corrected chi connectivity index (χ4v) is 3.09. The van der Waals surface area contributed by atoms with Gasteiger partial charge in [0.2, 0.25) is 5.91 Å². The van der Waals surface area contributed by atoms with Crippen molar-refractivity contribution in [1.82, 2.24) is 15.2 Å². The minimum Gasteiger partial charge on any atom is -0.444 e. The van der Waals surface area contributed by atoms with Crippen molar-refractivity contribution in [2.24, 2.45) is 0 Å². The lowest BCUT2D eigenvalue weighted by Gasteiger charge is -2.28. The van der Waals surface area contributed by atoms with Gasteiger partial charge in [0, 0.05) is 14.1 Å². The molecule has 0 aliphatic heterocycles. The molecule has 0 bridgehead atoms. The summed E-state index contributed by atoms with van der Waals surface area (Å²) in [6.45, 7) is 6.83. The zero-order chi connectivity index (χ0) is 19.4. The number of anilines is 1. The van der Waals surface area contributed by atoms with Crippen LogP contribution in [0.25, 0.3) is 0 Å². The normalized spacial score (nSPS) is 12.3. The number of likely N-dealkylation sites (N-methyl/N-ethyl adjacent to an activating group) is 1. The SMILES string of the molecule is CNC(=O)c1nc(SC)sc1NC(=O)C(C)N(C)C(=O)OC(C)(C)C. The van der Waals surface area contributed by atoms with Crippen LogP contribution in [0.2, 0.25) is 0 Å². The summed E-state index contributed by atoms with van der Waals surface area (Å²) < 4.78 is 5.91. The number of thioether (sulfide) groups is 1. The first-order valence-corrected chi connectivity index (χ1v) is 9.57. The Morgan fingerprint density at radius 1 is 1.32 bits per heavy atom. The quantitative estimate of drug-likeness (QED) is 0.752. The molecule has 0 radical (unpaired) electrons. The Morgan fingerprint density at radius 3 is 2.40 bits per heavy atom. The van der Waals surface area contributed by atoms with Gasteiger partial charge in [0.15, 0.2) is 10.0 Å². The van der Waals surface area contributed by atoms with E-state index in [-0.39, 0.29) is 11.6 Å². The highest BCUT2D eigenvalue weighted by atomic mass is 32.2. The van der Waals surface area contributed by atoms with Crippen molar-refractivity contribution in [2.75, 3.05) is 25.7 Å². The molecule has 1 atom stereocenters. The third-order valence-corrected chi connectivity index (χ3v) is 5.06. The van der Waals surface area contributed by atoms with E-state index in [9.17, 15) is 14.4 Å². The lowest BCUT2D eigenvalue weighted by molar-refractivity contribution is -0.120. The monoisotopic (exact) mass is 388 g/mol. The van der Waals surface area contributed by atoms with Crippen LogP contribution in [0.1, 0.15) is 38.2 Å². The largest absolute Gasteiger partial charge is 0.444 e. The van der Waals surface area contributed by atoms with Gasteiger partial charge in [-0.15, -0.1) is 0 Å². The van der Waals surface area contributed by atoms with E-state index in [1.165, 1.54) is 42.1 Å². The molecule has 0 fully saturated rings. The Morgan fingerprint density at radius 2 is 1.92 bits per heavy atom. The molecule has 140 valence electrons. The first kappa shape index (κ1) is 21.2. The Balaban J connectivity index is 2.89. The molecular weight excluding hydrogens is 364 g/mol. The standard InChI is InChI=1S/C15H24N4O4S2/c1-8(19(6)14(22)23-15(2,3)4)10(20)18-12-9(11(21)16-5)17-13(24-7)25-12/h8H,1-7H3,(H,16,21)(H,18,20). The first-order valence-electron chi connectivity index (χ1n) is 7.53. The van der Waals surface area contributed by atoms with E-state index in [0.717, 1.165) is 0 Å². The van der Waals surface area contributed by atoms with Crippen molar-refractivity contribution in [3.63, 3.8) is 0 Å². The van der Waals surface area contributed by atoms with E-state index < -0.39 is 23.6 Å². The van der Waals surface area contributed by atoms with Gasteiger partial charge in [0.1, 0.15) is 16.6 Å². The predicted octanol–water partition coefficient (Wildman–Crippen LogP) is 2.42. The van der Waals surface area contributed by atoms with Crippen LogP contribution in [-0.2, 0) is 9.53 Å². The van der Waals surface area contributed by atoms with E-state index in [1.807, 2.05) is 6.26 Å². The third kappa shape index (κ3) is 5.89. The summed E-state index contributed by atoms with van der Waals surface area (Å²) in [4.78, 5) is 41.8. The molecule has 1 heterocycles. The molecule has 3 amide bonds. The van der Waals surface area contributed by atoms with Gasteiger partial charge in [-0.05, 0) is 34.0 Å². The van der Waals surface area contributed by atoms with Crippen LogP contribution in [0.15, 0.2) is 4.34 Å². The van der Waals surface area contributed by atoms with Crippen LogP contribution in [0.4, 0.5) is 9.80 Å². The van der Waals surface area contributed by atoms with Crippen LogP contribution in [-0.4, -0.2) is 59.8 Å². The number of carbonyl (C=O) groups excluding carboxylic acids is 3. The zero-order valence-electron chi connectivity index (χ0n) is 15.4. The topological polar surface area (TPSA) is 101 Å². The van der Waals surface area contributed by atoms with Gasteiger partial charge in [-0.1, -0.05) is 23.1 Å². The molecule has 10 heteroatoms. The third-order valence-electron chi connectivity index (χ3n) is 3.10. The summed E-state index contributed by atoms with van der Waals surface area (Å²) in [6, 6.07) is -0.785. The van der Waals surface area contributed by atoms with Crippen molar-refractivity contribution in [2.45, 2.75) is 43.7 Å². The molecule has 0 aliphatic rings. The first-order chi connectivity index (χ1) is 11.5. The van der Waals surface area contributed by atoms with Gasteiger partial charge in [0.25, 0.3) is 5.91 Å². The molecule has 0 saturated carbocycles. The van der Waals surface area contributed by atoms with Crippen LogP contribution < -0.4 is 10.6 Å². The molecule has 1 aromatic rings. The number of ether oxygens (including phenoxy) is 1. The van der Waals surface area contributed by atoms with Crippen LogP contribution in [0.5, 0.6) is 0 Å². The summed E-state index contributed by atoms with van der Waals surface area (Å²) in [5.74, 6) is -0.824. The summed E-state index contributed by atoms with van der Waals surface area (Å²) >= 11 is 2.58. The second kappa shape index (κ2) is 8.52. The van der Waals surface area contributed by atoms with E-state index >= 15 is 0 Å². The average molecular weight is 389 g/mol. The van der Waals surface area contributed by atoms with Gasteiger partial charge in [-0.25, -0.2) is 9.78 Å².